The van der Waals surface area contributed by atoms with Crippen molar-refractivity contribution in [1.82, 2.24) is 0 Å². The first kappa shape index (κ1) is 11.0. The highest BCUT2D eigenvalue weighted by atomic mass is 32.2. The quantitative estimate of drug-likeness (QED) is 0.787. The van der Waals surface area contributed by atoms with E-state index < -0.39 is 10.0 Å². The molecule has 0 atom stereocenters. The zero-order chi connectivity index (χ0) is 11.8. The Labute approximate surface area is 91.9 Å². The van der Waals surface area contributed by atoms with E-state index in [4.69, 9.17) is 19.1 Å². The Balaban J connectivity index is 2.54. The maximum absolute atomic E-state index is 11.3. The Kier molecular flexibility index (Phi) is 2.60. The van der Waals surface area contributed by atoms with Crippen molar-refractivity contribution in [3.63, 3.8) is 0 Å². The van der Waals surface area contributed by atoms with Gasteiger partial charge in [-0.05, 0) is 12.1 Å². The van der Waals surface area contributed by atoms with Gasteiger partial charge in [0.25, 0.3) is 5.90 Å². The molecule has 2 rings (SSSR count). The van der Waals surface area contributed by atoms with Gasteiger partial charge in [-0.25, -0.2) is 13.6 Å². The highest BCUT2D eigenvalue weighted by Crippen LogP contribution is 2.23. The lowest BCUT2D eigenvalue weighted by Gasteiger charge is -2.12. The predicted molar refractivity (Wildman–Crippen MR) is 53.3 cm³/mol. The summed E-state index contributed by atoms with van der Waals surface area (Å²) in [7, 11) is -3.88. The summed E-state index contributed by atoms with van der Waals surface area (Å²) >= 11 is 0. The number of hydrogen-bond acceptors (Lipinski definition) is 6. The molecule has 0 amide bonds. The molecule has 0 aliphatic carbocycles. The van der Waals surface area contributed by atoms with Crippen LogP contribution >= 0.6 is 0 Å². The fourth-order valence-electron chi connectivity index (χ4n) is 1.38. The van der Waals surface area contributed by atoms with Crippen molar-refractivity contribution in [3.8, 4) is 0 Å². The minimum Gasteiger partial charge on any atom is -0.471 e. The van der Waals surface area contributed by atoms with Crippen molar-refractivity contribution < 1.29 is 22.4 Å². The summed E-state index contributed by atoms with van der Waals surface area (Å²) in [4.78, 5) is 4.67. The number of nitrogens with two attached hydrogens (primary N) is 1. The number of aryl methyl sites for hydroxylation is 1. The Morgan fingerprint density at radius 1 is 1.44 bits per heavy atom. The predicted octanol–water partition coefficient (Wildman–Crippen LogP) is -0.0562. The first-order valence-electron chi connectivity index (χ1n) is 4.44. The van der Waals surface area contributed by atoms with Crippen LogP contribution in [-0.2, 0) is 19.6 Å². The summed E-state index contributed by atoms with van der Waals surface area (Å²) < 4.78 is 32.8. The molecule has 1 aliphatic rings. The van der Waals surface area contributed by atoms with Crippen molar-refractivity contribution in [2.75, 3.05) is 13.2 Å². The summed E-state index contributed by atoms with van der Waals surface area (Å²) in [5, 5.41) is 8.67. The van der Waals surface area contributed by atoms with Crippen LogP contribution in [0.1, 0.15) is 11.3 Å². The largest absolute Gasteiger partial charge is 0.471 e. The van der Waals surface area contributed by atoms with Gasteiger partial charge in [0, 0.05) is 0 Å². The molecule has 88 valence electrons. The smallest absolute Gasteiger partial charge is 0.262 e. The zero-order valence-corrected chi connectivity index (χ0v) is 9.28. The van der Waals surface area contributed by atoms with Crippen LogP contribution < -0.4 is 5.14 Å². The molecule has 0 spiro atoms. The standard InChI is InChI=1S/C8H10N2O5S/c1-5-7(16(9,11)12)6(4-14-5)8-10-15-3-2-13-8/h4H,2-3H2,1H3,(H2,9,11,12). The van der Waals surface area contributed by atoms with E-state index in [1.807, 2.05) is 0 Å². The topological polar surface area (TPSA) is 104 Å². The minimum atomic E-state index is -3.88. The molecule has 2 N–H and O–H groups in total. The van der Waals surface area contributed by atoms with E-state index >= 15 is 0 Å². The monoisotopic (exact) mass is 246 g/mol. The second kappa shape index (κ2) is 3.80. The van der Waals surface area contributed by atoms with Crippen molar-refractivity contribution in [3.05, 3.63) is 17.6 Å². The van der Waals surface area contributed by atoms with Crippen LogP contribution in [0, 0.1) is 6.92 Å². The summed E-state index contributed by atoms with van der Waals surface area (Å²) in [6, 6.07) is 0. The van der Waals surface area contributed by atoms with Gasteiger partial charge in [-0.15, -0.1) is 0 Å². The van der Waals surface area contributed by atoms with Crippen molar-refractivity contribution in [2.45, 2.75) is 11.8 Å². The van der Waals surface area contributed by atoms with Crippen molar-refractivity contribution in [1.29, 1.82) is 0 Å². The molecule has 0 fully saturated rings. The first-order valence-corrected chi connectivity index (χ1v) is 5.99. The third kappa shape index (κ3) is 1.89. The Morgan fingerprint density at radius 3 is 2.75 bits per heavy atom. The van der Waals surface area contributed by atoms with Gasteiger partial charge in [-0.1, -0.05) is 0 Å². The lowest BCUT2D eigenvalue weighted by Crippen LogP contribution is -2.21. The molecule has 0 radical (unpaired) electrons. The molecule has 0 unspecified atom stereocenters. The molecule has 0 bridgehead atoms. The Hall–Kier alpha value is -1.54. The van der Waals surface area contributed by atoms with E-state index in [2.05, 4.69) is 5.16 Å². The van der Waals surface area contributed by atoms with Crippen LogP contribution in [0.3, 0.4) is 0 Å². The second-order valence-corrected chi connectivity index (χ2v) is 4.66. The maximum atomic E-state index is 11.3. The number of sulfonamides is 1. The SMILES string of the molecule is Cc1occ(C2=NOCCO2)c1S(N)(=O)=O. The number of hydrogen-bond donors (Lipinski definition) is 1. The van der Waals surface area contributed by atoms with E-state index in [0.29, 0.717) is 13.2 Å². The van der Waals surface area contributed by atoms with Crippen LogP contribution in [0.25, 0.3) is 0 Å². The number of oxime groups is 1. The van der Waals surface area contributed by atoms with Gasteiger partial charge < -0.3 is 14.0 Å². The van der Waals surface area contributed by atoms with Gasteiger partial charge in [-0.3, -0.25) is 0 Å². The number of nitrogens with zero attached hydrogens (tertiary/aromatic N) is 1. The summed E-state index contributed by atoms with van der Waals surface area (Å²) in [6.07, 6.45) is 1.22. The van der Waals surface area contributed by atoms with Crippen molar-refractivity contribution in [2.24, 2.45) is 10.3 Å². The van der Waals surface area contributed by atoms with E-state index in [1.165, 1.54) is 13.2 Å². The molecule has 1 aromatic heterocycles. The molecule has 0 saturated heterocycles. The molecule has 1 aliphatic heterocycles. The van der Waals surface area contributed by atoms with Crippen LogP contribution in [-0.4, -0.2) is 27.5 Å². The average Bonchev–Trinajstić information content (AvgIpc) is 2.61. The highest BCUT2D eigenvalue weighted by Gasteiger charge is 2.26. The molecule has 2 heterocycles. The second-order valence-electron chi connectivity index (χ2n) is 3.16. The summed E-state index contributed by atoms with van der Waals surface area (Å²) in [5.41, 5.74) is 0.180. The molecule has 0 aromatic carbocycles. The van der Waals surface area contributed by atoms with Crippen LogP contribution in [0.15, 0.2) is 20.7 Å². The zero-order valence-electron chi connectivity index (χ0n) is 8.47. The molecule has 8 heteroatoms. The number of furan rings is 1. The third-order valence-electron chi connectivity index (χ3n) is 1.99. The van der Waals surface area contributed by atoms with E-state index in [1.54, 1.807) is 0 Å². The van der Waals surface area contributed by atoms with Crippen LogP contribution in [0.2, 0.25) is 0 Å². The van der Waals surface area contributed by atoms with Gasteiger partial charge in [0.15, 0.2) is 6.61 Å². The normalized spacial score (nSPS) is 16.2. The van der Waals surface area contributed by atoms with Crippen molar-refractivity contribution >= 4 is 15.9 Å². The lowest BCUT2D eigenvalue weighted by molar-refractivity contribution is 0.0653. The highest BCUT2D eigenvalue weighted by molar-refractivity contribution is 7.89. The number of primary sulfonamides is 1. The maximum Gasteiger partial charge on any atom is 0.262 e. The molecular formula is C8H10N2O5S. The fourth-order valence-corrected chi connectivity index (χ4v) is 2.27. The van der Waals surface area contributed by atoms with Gasteiger partial charge >= 0.3 is 0 Å². The van der Waals surface area contributed by atoms with Crippen LogP contribution in [0.5, 0.6) is 0 Å². The van der Waals surface area contributed by atoms with E-state index in [-0.39, 0.29) is 22.1 Å². The summed E-state index contributed by atoms with van der Waals surface area (Å²) in [5.74, 6) is 0.251. The van der Waals surface area contributed by atoms with E-state index in [9.17, 15) is 8.42 Å². The Morgan fingerprint density at radius 2 is 2.19 bits per heavy atom. The number of rotatable bonds is 2. The molecular weight excluding hydrogens is 236 g/mol. The minimum absolute atomic E-state index is 0.0622. The third-order valence-corrected chi connectivity index (χ3v) is 3.07. The fraction of sp³-hybridized carbons (Fsp3) is 0.375. The first-order chi connectivity index (χ1) is 7.50. The molecule has 16 heavy (non-hydrogen) atoms. The average molecular weight is 246 g/mol. The number of ether oxygens (including phenoxy) is 1. The van der Waals surface area contributed by atoms with Gasteiger partial charge in [-0.2, -0.15) is 0 Å². The molecule has 1 aromatic rings. The molecule has 7 nitrogen and oxygen atoms in total. The van der Waals surface area contributed by atoms with E-state index in [0.717, 1.165) is 0 Å². The lowest BCUT2D eigenvalue weighted by atomic mass is 10.3. The van der Waals surface area contributed by atoms with Crippen LogP contribution in [0.4, 0.5) is 0 Å². The van der Waals surface area contributed by atoms with Gasteiger partial charge in [0.1, 0.15) is 23.5 Å². The van der Waals surface area contributed by atoms with Gasteiger partial charge in [0.05, 0.1) is 5.56 Å². The summed E-state index contributed by atoms with van der Waals surface area (Å²) in [6.45, 7) is 2.12. The Bertz CT molecular complexity index is 531. The van der Waals surface area contributed by atoms with Gasteiger partial charge in [0.2, 0.25) is 10.0 Å². The molecule has 0 saturated carbocycles.